The SMILES string of the molecule is CC(C)(C)OCc1ccc2ccccc2c1C1c2ccccc2-c2ccccc21. The first-order chi connectivity index (χ1) is 14.0. The molecule has 5 rings (SSSR count). The van der Waals surface area contributed by atoms with Gasteiger partial charge in [-0.2, -0.15) is 0 Å². The lowest BCUT2D eigenvalue weighted by molar-refractivity contribution is -0.0152. The van der Waals surface area contributed by atoms with Gasteiger partial charge in [-0.05, 0) is 64.9 Å². The topological polar surface area (TPSA) is 9.23 Å². The van der Waals surface area contributed by atoms with Crippen molar-refractivity contribution in [3.8, 4) is 11.1 Å². The average molecular weight is 379 g/mol. The highest BCUT2D eigenvalue weighted by Gasteiger charge is 2.32. The highest BCUT2D eigenvalue weighted by molar-refractivity contribution is 5.91. The van der Waals surface area contributed by atoms with Crippen LogP contribution in [0.2, 0.25) is 0 Å². The van der Waals surface area contributed by atoms with Crippen LogP contribution in [-0.2, 0) is 11.3 Å². The first-order valence-electron chi connectivity index (χ1n) is 10.4. The fraction of sp³-hybridized carbons (Fsp3) is 0.214. The van der Waals surface area contributed by atoms with Crippen molar-refractivity contribution in [2.75, 3.05) is 0 Å². The second-order valence-electron chi connectivity index (χ2n) is 8.87. The van der Waals surface area contributed by atoms with E-state index in [0.717, 1.165) is 0 Å². The Balaban J connectivity index is 1.78. The molecule has 0 atom stereocenters. The van der Waals surface area contributed by atoms with Crippen LogP contribution in [0.4, 0.5) is 0 Å². The van der Waals surface area contributed by atoms with Crippen LogP contribution in [0.25, 0.3) is 21.9 Å². The lowest BCUT2D eigenvalue weighted by Crippen LogP contribution is -2.19. The third-order valence-electron chi connectivity index (χ3n) is 5.84. The lowest BCUT2D eigenvalue weighted by atomic mass is 9.83. The maximum absolute atomic E-state index is 6.24. The average Bonchev–Trinajstić information content (AvgIpc) is 3.05. The van der Waals surface area contributed by atoms with Crippen molar-refractivity contribution in [3.63, 3.8) is 0 Å². The molecule has 0 fully saturated rings. The minimum Gasteiger partial charge on any atom is -0.371 e. The first kappa shape index (κ1) is 18.1. The normalized spacial score (nSPS) is 13.5. The van der Waals surface area contributed by atoms with Gasteiger partial charge in [-0.25, -0.2) is 0 Å². The Hall–Kier alpha value is -2.90. The summed E-state index contributed by atoms with van der Waals surface area (Å²) < 4.78 is 6.24. The Morgan fingerprint density at radius 3 is 1.93 bits per heavy atom. The predicted molar refractivity (Wildman–Crippen MR) is 121 cm³/mol. The number of fused-ring (bicyclic) bond motifs is 4. The fourth-order valence-corrected chi connectivity index (χ4v) is 4.57. The zero-order chi connectivity index (χ0) is 20.0. The molecule has 29 heavy (non-hydrogen) atoms. The molecule has 1 aliphatic rings. The zero-order valence-electron chi connectivity index (χ0n) is 17.3. The molecular weight excluding hydrogens is 352 g/mol. The molecule has 0 saturated carbocycles. The van der Waals surface area contributed by atoms with E-state index in [2.05, 4.69) is 106 Å². The summed E-state index contributed by atoms with van der Waals surface area (Å²) >= 11 is 0. The van der Waals surface area contributed by atoms with Crippen LogP contribution in [0.3, 0.4) is 0 Å². The van der Waals surface area contributed by atoms with E-state index in [4.69, 9.17) is 4.74 Å². The Morgan fingerprint density at radius 1 is 0.690 bits per heavy atom. The maximum Gasteiger partial charge on any atom is 0.0727 e. The van der Waals surface area contributed by atoms with Crippen molar-refractivity contribution in [1.29, 1.82) is 0 Å². The van der Waals surface area contributed by atoms with Gasteiger partial charge in [0.2, 0.25) is 0 Å². The second kappa shape index (κ2) is 6.86. The molecule has 0 heterocycles. The standard InChI is InChI=1S/C28H26O/c1-28(2,3)29-18-20-17-16-19-10-4-5-11-21(19)26(20)27-24-14-8-6-12-22(24)23-13-7-9-15-25(23)27/h4-17,27H,18H2,1-3H3. The van der Waals surface area contributed by atoms with Crippen LogP contribution in [-0.4, -0.2) is 5.60 Å². The largest absolute Gasteiger partial charge is 0.371 e. The van der Waals surface area contributed by atoms with Gasteiger partial charge in [0.15, 0.2) is 0 Å². The van der Waals surface area contributed by atoms with Gasteiger partial charge in [0.1, 0.15) is 0 Å². The van der Waals surface area contributed by atoms with Crippen LogP contribution < -0.4 is 0 Å². The molecular formula is C28H26O. The van der Waals surface area contributed by atoms with E-state index in [1.165, 1.54) is 44.2 Å². The highest BCUT2D eigenvalue weighted by Crippen LogP contribution is 2.50. The Morgan fingerprint density at radius 2 is 1.28 bits per heavy atom. The molecule has 0 unspecified atom stereocenters. The molecule has 1 aliphatic carbocycles. The summed E-state index contributed by atoms with van der Waals surface area (Å²) in [6, 6.07) is 30.9. The molecule has 144 valence electrons. The number of ether oxygens (including phenoxy) is 1. The van der Waals surface area contributed by atoms with E-state index >= 15 is 0 Å². The van der Waals surface area contributed by atoms with Crippen molar-refractivity contribution < 1.29 is 4.74 Å². The lowest BCUT2D eigenvalue weighted by Gasteiger charge is -2.24. The first-order valence-corrected chi connectivity index (χ1v) is 10.4. The van der Waals surface area contributed by atoms with Crippen molar-refractivity contribution in [3.05, 3.63) is 107 Å². The minimum absolute atomic E-state index is 0.172. The smallest absolute Gasteiger partial charge is 0.0727 e. The summed E-state index contributed by atoms with van der Waals surface area (Å²) in [6.07, 6.45) is 0. The van der Waals surface area contributed by atoms with Crippen molar-refractivity contribution >= 4 is 10.8 Å². The van der Waals surface area contributed by atoms with E-state index < -0.39 is 0 Å². The van der Waals surface area contributed by atoms with Crippen LogP contribution in [0, 0.1) is 0 Å². The molecule has 4 aromatic rings. The Bertz CT molecular complexity index is 1150. The summed E-state index contributed by atoms with van der Waals surface area (Å²) in [5.41, 5.74) is 7.96. The molecule has 0 radical (unpaired) electrons. The Labute approximate surface area is 173 Å². The van der Waals surface area contributed by atoms with Crippen LogP contribution in [0.1, 0.15) is 48.9 Å². The van der Waals surface area contributed by atoms with E-state index in [1.807, 2.05) is 0 Å². The van der Waals surface area contributed by atoms with Gasteiger partial charge in [-0.1, -0.05) is 84.9 Å². The van der Waals surface area contributed by atoms with Crippen LogP contribution >= 0.6 is 0 Å². The molecule has 0 spiro atoms. The second-order valence-corrected chi connectivity index (χ2v) is 8.87. The van der Waals surface area contributed by atoms with E-state index in [1.54, 1.807) is 0 Å². The molecule has 0 aliphatic heterocycles. The predicted octanol–water partition coefficient (Wildman–Crippen LogP) is 7.32. The number of hydrogen-bond donors (Lipinski definition) is 0. The van der Waals surface area contributed by atoms with Gasteiger partial charge < -0.3 is 4.74 Å². The highest BCUT2D eigenvalue weighted by atomic mass is 16.5. The monoisotopic (exact) mass is 378 g/mol. The summed E-state index contributed by atoms with van der Waals surface area (Å²) in [5.74, 6) is 0.229. The van der Waals surface area contributed by atoms with Gasteiger partial charge >= 0.3 is 0 Å². The van der Waals surface area contributed by atoms with Crippen molar-refractivity contribution in [2.45, 2.75) is 38.9 Å². The molecule has 0 saturated heterocycles. The van der Waals surface area contributed by atoms with E-state index in [9.17, 15) is 0 Å². The van der Waals surface area contributed by atoms with Gasteiger partial charge in [0.05, 0.1) is 12.2 Å². The fourth-order valence-electron chi connectivity index (χ4n) is 4.57. The number of hydrogen-bond acceptors (Lipinski definition) is 1. The zero-order valence-corrected chi connectivity index (χ0v) is 17.3. The summed E-state index contributed by atoms with van der Waals surface area (Å²) in [4.78, 5) is 0. The summed E-state index contributed by atoms with van der Waals surface area (Å²) in [5, 5.41) is 2.60. The number of benzene rings is 4. The van der Waals surface area contributed by atoms with Gasteiger partial charge in [0, 0.05) is 5.92 Å². The van der Waals surface area contributed by atoms with Gasteiger partial charge in [-0.15, -0.1) is 0 Å². The van der Waals surface area contributed by atoms with Crippen LogP contribution in [0.5, 0.6) is 0 Å². The third kappa shape index (κ3) is 3.16. The quantitative estimate of drug-likeness (QED) is 0.320. The summed E-state index contributed by atoms with van der Waals surface area (Å²) in [7, 11) is 0. The molecule has 4 aromatic carbocycles. The molecule has 0 amide bonds. The Kier molecular flexibility index (Phi) is 4.29. The molecule has 0 bridgehead atoms. The summed E-state index contributed by atoms with van der Waals surface area (Å²) in [6.45, 7) is 6.97. The minimum atomic E-state index is -0.172. The van der Waals surface area contributed by atoms with Crippen molar-refractivity contribution in [2.24, 2.45) is 0 Å². The van der Waals surface area contributed by atoms with E-state index in [-0.39, 0.29) is 11.5 Å². The van der Waals surface area contributed by atoms with Gasteiger partial charge in [0.25, 0.3) is 0 Å². The van der Waals surface area contributed by atoms with Gasteiger partial charge in [-0.3, -0.25) is 0 Å². The molecule has 1 nitrogen and oxygen atoms in total. The number of rotatable bonds is 3. The third-order valence-corrected chi connectivity index (χ3v) is 5.84. The molecule has 1 heteroatoms. The molecule has 0 aromatic heterocycles. The van der Waals surface area contributed by atoms with E-state index in [0.29, 0.717) is 6.61 Å². The molecule has 0 N–H and O–H groups in total. The maximum atomic E-state index is 6.24. The van der Waals surface area contributed by atoms with Crippen molar-refractivity contribution in [1.82, 2.24) is 0 Å². The van der Waals surface area contributed by atoms with Crippen LogP contribution in [0.15, 0.2) is 84.9 Å².